The minimum absolute atomic E-state index is 0.139. The van der Waals surface area contributed by atoms with E-state index in [2.05, 4.69) is 11.9 Å². The van der Waals surface area contributed by atoms with Gasteiger partial charge in [-0.1, -0.05) is 24.3 Å². The Morgan fingerprint density at radius 1 is 1.10 bits per heavy atom. The number of imide groups is 1. The van der Waals surface area contributed by atoms with Crippen LogP contribution in [-0.4, -0.2) is 47.9 Å². The van der Waals surface area contributed by atoms with E-state index in [4.69, 9.17) is 4.74 Å². The zero-order valence-corrected chi connectivity index (χ0v) is 17.1. The van der Waals surface area contributed by atoms with E-state index in [0.717, 1.165) is 4.90 Å². The van der Waals surface area contributed by atoms with Crippen LogP contribution >= 0.6 is 0 Å². The minimum atomic E-state index is -0.940. The molecule has 1 fully saturated rings. The van der Waals surface area contributed by atoms with E-state index in [-0.39, 0.29) is 19.6 Å². The van der Waals surface area contributed by atoms with Crippen molar-refractivity contribution < 1.29 is 23.9 Å². The monoisotopic (exact) mass is 421 g/mol. The van der Waals surface area contributed by atoms with Gasteiger partial charge in [-0.2, -0.15) is 0 Å². The molecule has 8 nitrogen and oxygen atoms in total. The Bertz CT molecular complexity index is 988. The zero-order valence-electron chi connectivity index (χ0n) is 17.1. The smallest absolute Gasteiger partial charge is 0.338 e. The van der Waals surface area contributed by atoms with E-state index in [1.54, 1.807) is 61.5 Å². The summed E-state index contributed by atoms with van der Waals surface area (Å²) in [5.41, 5.74) is 1.28. The first-order valence-electron chi connectivity index (χ1n) is 9.83. The Hall–Kier alpha value is -3.94. The Morgan fingerprint density at radius 3 is 2.39 bits per heavy atom. The number of urea groups is 1. The molecule has 4 amide bonds. The molecule has 0 radical (unpaired) electrons. The van der Waals surface area contributed by atoms with E-state index < -0.39 is 29.9 Å². The van der Waals surface area contributed by atoms with Crippen molar-refractivity contribution in [2.45, 2.75) is 19.4 Å². The van der Waals surface area contributed by atoms with E-state index in [0.29, 0.717) is 16.9 Å². The number of anilines is 2. The maximum atomic E-state index is 13.0. The van der Waals surface area contributed by atoms with Crippen molar-refractivity contribution >= 4 is 35.2 Å². The van der Waals surface area contributed by atoms with Gasteiger partial charge < -0.3 is 15.0 Å². The lowest BCUT2D eigenvalue weighted by Crippen LogP contribution is -2.38. The maximum Gasteiger partial charge on any atom is 0.338 e. The normalized spacial score (nSPS) is 15.7. The third kappa shape index (κ3) is 4.80. The number of carbonyl (C=O) groups excluding carboxylic acids is 4. The van der Waals surface area contributed by atoms with Gasteiger partial charge in [0.15, 0.2) is 0 Å². The predicted molar refractivity (Wildman–Crippen MR) is 116 cm³/mol. The fourth-order valence-electron chi connectivity index (χ4n) is 3.29. The number of hydrogen-bond acceptors (Lipinski definition) is 5. The van der Waals surface area contributed by atoms with Crippen molar-refractivity contribution in [1.82, 2.24) is 4.90 Å². The molecule has 8 heteroatoms. The van der Waals surface area contributed by atoms with Crippen LogP contribution in [0.2, 0.25) is 0 Å². The zero-order chi connectivity index (χ0) is 22.4. The fraction of sp³-hybridized carbons (Fsp3) is 0.217. The molecule has 2 aromatic carbocycles. The lowest BCUT2D eigenvalue weighted by molar-refractivity contribution is -0.124. The number of ether oxygens (including phenoxy) is 1. The van der Waals surface area contributed by atoms with Crippen molar-refractivity contribution in [2.75, 3.05) is 23.4 Å². The average molecular weight is 421 g/mol. The molecule has 1 N–H and O–H groups in total. The van der Waals surface area contributed by atoms with Crippen LogP contribution in [0.5, 0.6) is 0 Å². The van der Waals surface area contributed by atoms with E-state index in [1.165, 1.54) is 11.0 Å². The lowest BCUT2D eigenvalue weighted by Gasteiger charge is -2.19. The Kier molecular flexibility index (Phi) is 6.81. The molecule has 2 aromatic rings. The van der Waals surface area contributed by atoms with Gasteiger partial charge in [0.25, 0.3) is 5.91 Å². The first kappa shape index (κ1) is 21.8. The van der Waals surface area contributed by atoms with Crippen LogP contribution in [0.15, 0.2) is 67.3 Å². The highest BCUT2D eigenvalue weighted by Crippen LogP contribution is 2.27. The fourth-order valence-corrected chi connectivity index (χ4v) is 3.29. The molecule has 1 heterocycles. The molecule has 0 aromatic heterocycles. The predicted octanol–water partition coefficient (Wildman–Crippen LogP) is 3.22. The summed E-state index contributed by atoms with van der Waals surface area (Å²) in [6.45, 7) is 5.76. The van der Waals surface area contributed by atoms with Crippen LogP contribution in [-0.2, 0) is 14.3 Å². The van der Waals surface area contributed by atoms with Crippen LogP contribution in [0.25, 0.3) is 0 Å². The topological polar surface area (TPSA) is 96.0 Å². The average Bonchev–Trinajstić information content (AvgIpc) is 2.99. The summed E-state index contributed by atoms with van der Waals surface area (Å²) in [7, 11) is 0. The van der Waals surface area contributed by atoms with Crippen molar-refractivity contribution in [2.24, 2.45) is 0 Å². The number of carbonyl (C=O) groups is 4. The number of amides is 4. The highest BCUT2D eigenvalue weighted by Gasteiger charge is 2.46. The van der Waals surface area contributed by atoms with Gasteiger partial charge in [-0.25, -0.2) is 14.5 Å². The Morgan fingerprint density at radius 2 is 1.77 bits per heavy atom. The van der Waals surface area contributed by atoms with E-state index in [9.17, 15) is 19.2 Å². The highest BCUT2D eigenvalue weighted by atomic mass is 16.5. The molecule has 1 saturated heterocycles. The van der Waals surface area contributed by atoms with Crippen molar-refractivity contribution in [1.29, 1.82) is 0 Å². The summed E-state index contributed by atoms with van der Waals surface area (Å²) in [5.74, 6) is -1.35. The van der Waals surface area contributed by atoms with Crippen molar-refractivity contribution in [3.63, 3.8) is 0 Å². The molecule has 1 atom stereocenters. The SMILES string of the molecule is C=CCN1C(=O)N(c2ccccc2)C(=O)[C@@H]1CC(=O)Nc1ccc(C(=O)OCC)cc1. The molecular formula is C23H23N3O5. The van der Waals surface area contributed by atoms with Gasteiger partial charge in [-0.15, -0.1) is 6.58 Å². The molecule has 1 aliphatic heterocycles. The van der Waals surface area contributed by atoms with Crippen molar-refractivity contribution in [3.05, 3.63) is 72.8 Å². The molecular weight excluding hydrogens is 398 g/mol. The van der Waals surface area contributed by atoms with Gasteiger partial charge in [0.2, 0.25) is 5.91 Å². The molecule has 160 valence electrons. The summed E-state index contributed by atoms with van der Waals surface area (Å²) >= 11 is 0. The van der Waals surface area contributed by atoms with Crippen LogP contribution in [0.1, 0.15) is 23.7 Å². The molecule has 0 unspecified atom stereocenters. The molecule has 3 rings (SSSR count). The van der Waals surface area contributed by atoms with Crippen LogP contribution in [0, 0.1) is 0 Å². The van der Waals surface area contributed by atoms with Gasteiger partial charge in [-0.05, 0) is 43.3 Å². The number of nitrogens with zero attached hydrogens (tertiary/aromatic N) is 2. The quantitative estimate of drug-likeness (QED) is 0.401. The second kappa shape index (κ2) is 9.71. The number of para-hydroxylation sites is 1. The molecule has 0 aliphatic carbocycles. The standard InChI is InChI=1S/C23H23N3O5/c1-3-14-25-19(21(28)26(23(25)30)18-8-6-5-7-9-18)15-20(27)24-17-12-10-16(11-13-17)22(29)31-4-2/h3,5-13,19H,1,4,14-15H2,2H3,(H,24,27)/t19-/m0/s1. The first-order valence-corrected chi connectivity index (χ1v) is 9.83. The maximum absolute atomic E-state index is 13.0. The second-order valence-electron chi connectivity index (χ2n) is 6.80. The highest BCUT2D eigenvalue weighted by molar-refractivity contribution is 6.22. The third-order valence-electron chi connectivity index (χ3n) is 4.72. The summed E-state index contributed by atoms with van der Waals surface area (Å²) in [4.78, 5) is 52.5. The van der Waals surface area contributed by atoms with E-state index in [1.807, 2.05) is 0 Å². The summed E-state index contributed by atoms with van der Waals surface area (Å²) in [6, 6.07) is 13.4. The molecule has 0 bridgehead atoms. The Balaban J connectivity index is 1.71. The van der Waals surface area contributed by atoms with E-state index >= 15 is 0 Å². The van der Waals surface area contributed by atoms with Crippen LogP contribution in [0.3, 0.4) is 0 Å². The van der Waals surface area contributed by atoms with Crippen LogP contribution < -0.4 is 10.2 Å². The van der Waals surface area contributed by atoms with Gasteiger partial charge in [0.1, 0.15) is 6.04 Å². The number of nitrogens with one attached hydrogen (secondary N) is 1. The van der Waals surface area contributed by atoms with Gasteiger partial charge in [0, 0.05) is 12.2 Å². The molecule has 0 spiro atoms. The van der Waals surface area contributed by atoms with Crippen LogP contribution in [0.4, 0.5) is 16.2 Å². The molecule has 0 saturated carbocycles. The molecule has 31 heavy (non-hydrogen) atoms. The first-order chi connectivity index (χ1) is 15.0. The number of hydrogen-bond donors (Lipinski definition) is 1. The number of benzene rings is 2. The third-order valence-corrected chi connectivity index (χ3v) is 4.72. The Labute approximate surface area is 180 Å². The van der Waals surface area contributed by atoms with Gasteiger partial charge in [-0.3, -0.25) is 9.59 Å². The number of rotatable bonds is 8. The molecule has 1 aliphatic rings. The largest absolute Gasteiger partial charge is 0.462 e. The summed E-state index contributed by atoms with van der Waals surface area (Å²) in [6.07, 6.45) is 1.31. The second-order valence-corrected chi connectivity index (χ2v) is 6.80. The van der Waals surface area contributed by atoms with Crippen molar-refractivity contribution in [3.8, 4) is 0 Å². The van der Waals surface area contributed by atoms with Gasteiger partial charge in [0.05, 0.1) is 24.3 Å². The summed E-state index contributed by atoms with van der Waals surface area (Å²) in [5, 5.41) is 2.69. The van der Waals surface area contributed by atoms with Gasteiger partial charge >= 0.3 is 12.0 Å². The minimum Gasteiger partial charge on any atom is -0.462 e. The lowest BCUT2D eigenvalue weighted by atomic mass is 10.1. The number of esters is 1. The summed E-state index contributed by atoms with van der Waals surface area (Å²) < 4.78 is 4.93.